The molecule has 2 aromatic heterocycles. The van der Waals surface area contributed by atoms with Crippen LogP contribution in [0.2, 0.25) is 0 Å². The highest BCUT2D eigenvalue weighted by Gasteiger charge is 2.23. The third kappa shape index (κ3) is 4.41. The Labute approximate surface area is 175 Å². The SMILES string of the molecule is O=C(N[C@H](Cc1ccccc1)c1nc(-c2ccc([N+](=O)[O-])cc2)no1)c1cccs1. The van der Waals surface area contributed by atoms with Crippen molar-refractivity contribution in [3.05, 3.63) is 98.6 Å². The van der Waals surface area contributed by atoms with E-state index in [2.05, 4.69) is 15.5 Å². The molecular formula is C21H16N4O4S. The summed E-state index contributed by atoms with van der Waals surface area (Å²) in [5.41, 5.74) is 1.57. The van der Waals surface area contributed by atoms with Crippen LogP contribution < -0.4 is 5.32 Å². The minimum Gasteiger partial charge on any atom is -0.339 e. The Kier molecular flexibility index (Phi) is 5.62. The normalized spacial score (nSPS) is 11.7. The molecule has 0 unspecified atom stereocenters. The van der Waals surface area contributed by atoms with E-state index >= 15 is 0 Å². The van der Waals surface area contributed by atoms with Gasteiger partial charge in [0.15, 0.2) is 0 Å². The van der Waals surface area contributed by atoms with Gasteiger partial charge in [0.1, 0.15) is 6.04 Å². The molecule has 4 rings (SSSR count). The van der Waals surface area contributed by atoms with Crippen LogP contribution in [-0.2, 0) is 6.42 Å². The maximum atomic E-state index is 12.6. The Bertz CT molecular complexity index is 1140. The van der Waals surface area contributed by atoms with Crippen LogP contribution in [0.5, 0.6) is 0 Å². The van der Waals surface area contributed by atoms with E-state index in [1.54, 1.807) is 18.2 Å². The topological polar surface area (TPSA) is 111 Å². The van der Waals surface area contributed by atoms with Gasteiger partial charge in [0.2, 0.25) is 11.7 Å². The smallest absolute Gasteiger partial charge is 0.269 e. The van der Waals surface area contributed by atoms with Gasteiger partial charge in [0, 0.05) is 24.1 Å². The summed E-state index contributed by atoms with van der Waals surface area (Å²) in [6, 6.07) is 18.6. The van der Waals surface area contributed by atoms with Crippen molar-refractivity contribution < 1.29 is 14.2 Å². The molecule has 0 saturated heterocycles. The lowest BCUT2D eigenvalue weighted by Gasteiger charge is -2.14. The zero-order valence-electron chi connectivity index (χ0n) is 15.6. The van der Waals surface area contributed by atoms with Gasteiger partial charge in [-0.1, -0.05) is 41.6 Å². The fourth-order valence-corrected chi connectivity index (χ4v) is 3.54. The van der Waals surface area contributed by atoms with Crippen LogP contribution >= 0.6 is 11.3 Å². The lowest BCUT2D eigenvalue weighted by molar-refractivity contribution is -0.384. The van der Waals surface area contributed by atoms with E-state index in [1.807, 2.05) is 41.8 Å². The second kappa shape index (κ2) is 8.66. The number of aromatic nitrogens is 2. The third-order valence-corrected chi connectivity index (χ3v) is 5.28. The van der Waals surface area contributed by atoms with Crippen molar-refractivity contribution in [3.8, 4) is 11.4 Å². The zero-order chi connectivity index (χ0) is 20.9. The third-order valence-electron chi connectivity index (χ3n) is 4.41. The van der Waals surface area contributed by atoms with Crippen molar-refractivity contribution in [2.24, 2.45) is 0 Å². The monoisotopic (exact) mass is 420 g/mol. The van der Waals surface area contributed by atoms with Gasteiger partial charge in [-0.05, 0) is 29.1 Å². The summed E-state index contributed by atoms with van der Waals surface area (Å²) in [6.07, 6.45) is 0.472. The first-order chi connectivity index (χ1) is 14.6. The molecule has 0 aliphatic carbocycles. The van der Waals surface area contributed by atoms with E-state index in [9.17, 15) is 14.9 Å². The van der Waals surface area contributed by atoms with Crippen molar-refractivity contribution >= 4 is 22.9 Å². The van der Waals surface area contributed by atoms with Crippen LogP contribution in [0.25, 0.3) is 11.4 Å². The number of rotatable bonds is 7. The molecule has 0 aliphatic rings. The highest BCUT2D eigenvalue weighted by molar-refractivity contribution is 7.12. The zero-order valence-corrected chi connectivity index (χ0v) is 16.4. The summed E-state index contributed by atoms with van der Waals surface area (Å²) in [5.74, 6) is 0.335. The van der Waals surface area contributed by atoms with Crippen LogP contribution in [0.3, 0.4) is 0 Å². The number of amides is 1. The molecule has 0 bridgehead atoms. The molecule has 2 heterocycles. The summed E-state index contributed by atoms with van der Waals surface area (Å²) in [5, 5.41) is 19.6. The van der Waals surface area contributed by atoms with Crippen LogP contribution in [0.15, 0.2) is 76.6 Å². The fraction of sp³-hybridized carbons (Fsp3) is 0.0952. The predicted molar refractivity (Wildman–Crippen MR) is 111 cm³/mol. The van der Waals surface area contributed by atoms with E-state index < -0.39 is 11.0 Å². The number of non-ortho nitro benzene ring substituents is 1. The number of benzene rings is 2. The first kappa shape index (κ1) is 19.5. The molecule has 0 aliphatic heterocycles. The maximum absolute atomic E-state index is 12.6. The molecule has 9 heteroatoms. The Hall–Kier alpha value is -3.85. The summed E-state index contributed by atoms with van der Waals surface area (Å²) in [7, 11) is 0. The second-order valence-corrected chi connectivity index (χ2v) is 7.40. The number of nitrogens with zero attached hydrogens (tertiary/aromatic N) is 3. The summed E-state index contributed by atoms with van der Waals surface area (Å²) in [4.78, 5) is 28.0. The quantitative estimate of drug-likeness (QED) is 0.350. The fourth-order valence-electron chi connectivity index (χ4n) is 2.91. The minimum atomic E-state index is -0.527. The van der Waals surface area contributed by atoms with Crippen LogP contribution in [0.1, 0.15) is 27.2 Å². The average Bonchev–Trinajstić information content (AvgIpc) is 3.47. The molecule has 4 aromatic rings. The highest BCUT2D eigenvalue weighted by Crippen LogP contribution is 2.24. The molecule has 2 aromatic carbocycles. The first-order valence-electron chi connectivity index (χ1n) is 9.07. The molecule has 8 nitrogen and oxygen atoms in total. The van der Waals surface area contributed by atoms with Crippen molar-refractivity contribution in [1.82, 2.24) is 15.5 Å². The molecule has 0 spiro atoms. The number of carbonyl (C=O) groups excluding carboxylic acids is 1. The number of nitro groups is 1. The first-order valence-corrected chi connectivity index (χ1v) is 9.95. The molecule has 0 fully saturated rings. The molecule has 30 heavy (non-hydrogen) atoms. The highest BCUT2D eigenvalue weighted by atomic mass is 32.1. The van der Waals surface area contributed by atoms with Gasteiger partial charge in [0.25, 0.3) is 11.6 Å². The number of carbonyl (C=O) groups is 1. The Morgan fingerprint density at radius 3 is 2.53 bits per heavy atom. The predicted octanol–water partition coefficient (Wildman–Crippen LogP) is 4.42. The number of hydrogen-bond acceptors (Lipinski definition) is 7. The van der Waals surface area contributed by atoms with Crippen molar-refractivity contribution in [2.75, 3.05) is 0 Å². The van der Waals surface area contributed by atoms with Gasteiger partial charge in [-0.2, -0.15) is 4.98 Å². The Balaban J connectivity index is 1.60. The Morgan fingerprint density at radius 2 is 1.87 bits per heavy atom. The standard InChI is InChI=1S/C21H16N4O4S/c26-20(18-7-4-12-30-18)22-17(13-14-5-2-1-3-6-14)21-23-19(24-29-21)15-8-10-16(11-9-15)25(27)28/h1-12,17H,13H2,(H,22,26)/t17-/m1/s1. The second-order valence-electron chi connectivity index (χ2n) is 6.45. The van der Waals surface area contributed by atoms with Crippen LogP contribution in [0.4, 0.5) is 5.69 Å². The van der Waals surface area contributed by atoms with E-state index in [0.717, 1.165) is 5.56 Å². The van der Waals surface area contributed by atoms with Crippen LogP contribution in [-0.4, -0.2) is 21.0 Å². The number of nitro benzene ring substituents is 1. The molecule has 1 atom stereocenters. The van der Waals surface area contributed by atoms with E-state index in [0.29, 0.717) is 22.7 Å². The van der Waals surface area contributed by atoms with Gasteiger partial charge in [-0.25, -0.2) is 0 Å². The number of thiophene rings is 1. The minimum absolute atomic E-state index is 0.0207. The summed E-state index contributed by atoms with van der Waals surface area (Å²) < 4.78 is 5.44. The number of nitrogens with one attached hydrogen (secondary N) is 1. The largest absolute Gasteiger partial charge is 0.339 e. The van der Waals surface area contributed by atoms with E-state index in [-0.39, 0.29) is 17.5 Å². The van der Waals surface area contributed by atoms with E-state index in [1.165, 1.54) is 23.5 Å². The maximum Gasteiger partial charge on any atom is 0.269 e. The lowest BCUT2D eigenvalue weighted by atomic mass is 10.1. The molecule has 150 valence electrons. The lowest BCUT2D eigenvalue weighted by Crippen LogP contribution is -2.29. The Morgan fingerprint density at radius 1 is 1.10 bits per heavy atom. The van der Waals surface area contributed by atoms with Crippen LogP contribution in [0, 0.1) is 10.1 Å². The van der Waals surface area contributed by atoms with Gasteiger partial charge in [0.05, 0.1) is 9.80 Å². The van der Waals surface area contributed by atoms with E-state index in [4.69, 9.17) is 4.52 Å². The summed E-state index contributed by atoms with van der Waals surface area (Å²) in [6.45, 7) is 0. The van der Waals surface area contributed by atoms with Crippen molar-refractivity contribution in [3.63, 3.8) is 0 Å². The van der Waals surface area contributed by atoms with Crippen molar-refractivity contribution in [1.29, 1.82) is 0 Å². The number of hydrogen-bond donors (Lipinski definition) is 1. The molecule has 0 saturated carbocycles. The van der Waals surface area contributed by atoms with Gasteiger partial charge in [-0.15, -0.1) is 11.3 Å². The summed E-state index contributed by atoms with van der Waals surface area (Å²) >= 11 is 1.35. The average molecular weight is 420 g/mol. The molecule has 0 radical (unpaired) electrons. The van der Waals surface area contributed by atoms with Gasteiger partial charge >= 0.3 is 0 Å². The van der Waals surface area contributed by atoms with Gasteiger partial charge < -0.3 is 9.84 Å². The molecule has 1 N–H and O–H groups in total. The van der Waals surface area contributed by atoms with Gasteiger partial charge in [-0.3, -0.25) is 14.9 Å². The van der Waals surface area contributed by atoms with Crippen molar-refractivity contribution in [2.45, 2.75) is 12.5 Å². The molecular weight excluding hydrogens is 404 g/mol. The molecule has 1 amide bonds.